The molecule has 0 unspecified atom stereocenters. The van der Waals surface area contributed by atoms with E-state index >= 15 is 0 Å². The van der Waals surface area contributed by atoms with Gasteiger partial charge >= 0.3 is 5.69 Å². The lowest BCUT2D eigenvalue weighted by molar-refractivity contribution is -0.386. The maximum Gasteiger partial charge on any atom is 0.327 e. The fourth-order valence-electron chi connectivity index (χ4n) is 1.27. The number of rotatable bonds is 5. The summed E-state index contributed by atoms with van der Waals surface area (Å²) in [6.45, 7) is 3.65. The lowest BCUT2D eigenvalue weighted by Gasteiger charge is -2.23. The highest BCUT2D eigenvalue weighted by atomic mass is 19.1. The van der Waals surface area contributed by atoms with Crippen LogP contribution in [0.15, 0.2) is 12.1 Å². The summed E-state index contributed by atoms with van der Waals surface area (Å²) in [5.41, 5.74) is -1.60. The highest BCUT2D eigenvalue weighted by Crippen LogP contribution is 2.29. The third-order valence-electron chi connectivity index (χ3n) is 2.47. The maximum absolute atomic E-state index is 13.3. The van der Waals surface area contributed by atoms with Crippen molar-refractivity contribution in [1.82, 2.24) is 0 Å². The summed E-state index contributed by atoms with van der Waals surface area (Å²) in [6, 6.07) is 1.36. The summed E-state index contributed by atoms with van der Waals surface area (Å²) in [5, 5.41) is 13.3. The molecule has 0 aliphatic carbocycles. The average Bonchev–Trinajstić information content (AvgIpc) is 2.25. The molecule has 0 aromatic heterocycles. The quantitative estimate of drug-likeness (QED) is 0.653. The summed E-state index contributed by atoms with van der Waals surface area (Å²) in [4.78, 5) is 9.83. The number of methoxy groups -OCH3 is 1. The van der Waals surface area contributed by atoms with Gasteiger partial charge in [-0.3, -0.25) is 10.1 Å². The summed E-state index contributed by atoms with van der Waals surface area (Å²) in [5.74, 6) is -2.09. The topological polar surface area (TPSA) is 64.4 Å². The standard InChI is InChI=1S/C11H14F2N2O3/c1-11(2,18-3)6-14-9-5-7(12)4-8(13)10(9)15(16)17/h4-5,14H,6H2,1-3H3. The Kier molecular flexibility index (Phi) is 4.18. The van der Waals surface area contributed by atoms with Crippen LogP contribution in [-0.4, -0.2) is 24.2 Å². The van der Waals surface area contributed by atoms with Crippen LogP contribution in [0.3, 0.4) is 0 Å². The van der Waals surface area contributed by atoms with Gasteiger partial charge in [0.2, 0.25) is 5.82 Å². The predicted molar refractivity (Wildman–Crippen MR) is 62.6 cm³/mol. The van der Waals surface area contributed by atoms with Gasteiger partial charge in [0.05, 0.1) is 10.5 Å². The Morgan fingerprint density at radius 2 is 2.06 bits per heavy atom. The van der Waals surface area contributed by atoms with E-state index in [2.05, 4.69) is 5.32 Å². The Hall–Kier alpha value is -1.76. The van der Waals surface area contributed by atoms with E-state index in [9.17, 15) is 18.9 Å². The van der Waals surface area contributed by atoms with Crippen LogP contribution in [-0.2, 0) is 4.74 Å². The number of nitro groups is 1. The van der Waals surface area contributed by atoms with E-state index in [-0.39, 0.29) is 12.2 Å². The van der Waals surface area contributed by atoms with Crippen molar-refractivity contribution in [2.45, 2.75) is 19.4 Å². The SMILES string of the molecule is COC(C)(C)CNc1cc(F)cc(F)c1[N+](=O)[O-]. The molecular weight excluding hydrogens is 246 g/mol. The normalized spacial score (nSPS) is 11.4. The van der Waals surface area contributed by atoms with Crippen molar-refractivity contribution < 1.29 is 18.4 Å². The van der Waals surface area contributed by atoms with E-state index in [4.69, 9.17) is 4.74 Å². The number of benzene rings is 1. The summed E-state index contributed by atoms with van der Waals surface area (Å²) < 4.78 is 31.5. The van der Waals surface area contributed by atoms with E-state index in [1.54, 1.807) is 13.8 Å². The Labute approximate surface area is 103 Å². The van der Waals surface area contributed by atoms with Crippen LogP contribution in [0.1, 0.15) is 13.8 Å². The molecule has 5 nitrogen and oxygen atoms in total. The smallest absolute Gasteiger partial charge is 0.327 e. The summed E-state index contributed by atoms with van der Waals surface area (Å²) in [6.07, 6.45) is 0. The van der Waals surface area contributed by atoms with Crippen LogP contribution in [0.25, 0.3) is 0 Å². The Balaban J connectivity index is 3.04. The molecule has 0 atom stereocenters. The predicted octanol–water partition coefficient (Wildman–Crippen LogP) is 2.71. The molecule has 100 valence electrons. The first-order valence-electron chi connectivity index (χ1n) is 5.19. The Morgan fingerprint density at radius 3 is 2.56 bits per heavy atom. The molecule has 0 bridgehead atoms. The molecular formula is C11H14F2N2O3. The van der Waals surface area contributed by atoms with Gasteiger partial charge in [0, 0.05) is 25.8 Å². The van der Waals surface area contributed by atoms with Crippen LogP contribution < -0.4 is 5.32 Å². The first kappa shape index (κ1) is 14.3. The molecule has 0 fully saturated rings. The molecule has 0 saturated carbocycles. The van der Waals surface area contributed by atoms with Crippen molar-refractivity contribution in [3.05, 3.63) is 33.9 Å². The molecule has 1 aromatic carbocycles. The molecule has 1 aromatic rings. The molecule has 0 radical (unpaired) electrons. The van der Waals surface area contributed by atoms with Crippen molar-refractivity contribution in [1.29, 1.82) is 0 Å². The van der Waals surface area contributed by atoms with Crippen molar-refractivity contribution in [3.8, 4) is 0 Å². The van der Waals surface area contributed by atoms with E-state index in [0.29, 0.717) is 6.07 Å². The van der Waals surface area contributed by atoms with E-state index in [1.165, 1.54) is 7.11 Å². The minimum atomic E-state index is -1.21. The average molecular weight is 260 g/mol. The van der Waals surface area contributed by atoms with Crippen LogP contribution in [0.5, 0.6) is 0 Å². The van der Waals surface area contributed by atoms with Crippen LogP contribution in [0, 0.1) is 21.7 Å². The molecule has 1 rings (SSSR count). The molecule has 1 N–H and O–H groups in total. The van der Waals surface area contributed by atoms with Gasteiger partial charge in [-0.1, -0.05) is 0 Å². The van der Waals surface area contributed by atoms with Crippen LogP contribution in [0.4, 0.5) is 20.2 Å². The molecule has 7 heteroatoms. The van der Waals surface area contributed by atoms with Gasteiger partial charge in [0.15, 0.2) is 0 Å². The highest BCUT2D eigenvalue weighted by Gasteiger charge is 2.24. The first-order chi connectivity index (χ1) is 8.26. The van der Waals surface area contributed by atoms with Crippen molar-refractivity contribution in [2.24, 2.45) is 0 Å². The molecule has 0 spiro atoms. The third-order valence-corrected chi connectivity index (χ3v) is 2.47. The summed E-state index contributed by atoms with van der Waals surface area (Å²) in [7, 11) is 1.47. The third kappa shape index (κ3) is 3.36. The van der Waals surface area contributed by atoms with Gasteiger partial charge in [-0.15, -0.1) is 0 Å². The van der Waals surface area contributed by atoms with E-state index in [1.807, 2.05) is 0 Å². The van der Waals surface area contributed by atoms with E-state index in [0.717, 1.165) is 6.07 Å². The van der Waals surface area contributed by atoms with Gasteiger partial charge < -0.3 is 10.1 Å². The minimum Gasteiger partial charge on any atom is -0.377 e. The van der Waals surface area contributed by atoms with Gasteiger partial charge in [0.1, 0.15) is 11.5 Å². The van der Waals surface area contributed by atoms with Gasteiger partial charge in [-0.2, -0.15) is 4.39 Å². The summed E-state index contributed by atoms with van der Waals surface area (Å²) >= 11 is 0. The molecule has 0 heterocycles. The highest BCUT2D eigenvalue weighted by molar-refractivity contribution is 5.62. The molecule has 0 amide bonds. The fourth-order valence-corrected chi connectivity index (χ4v) is 1.27. The van der Waals surface area contributed by atoms with Crippen molar-refractivity contribution in [3.63, 3.8) is 0 Å². The molecule has 0 aliphatic rings. The number of anilines is 1. The fraction of sp³-hybridized carbons (Fsp3) is 0.455. The largest absolute Gasteiger partial charge is 0.377 e. The van der Waals surface area contributed by atoms with Gasteiger partial charge in [-0.25, -0.2) is 4.39 Å². The van der Waals surface area contributed by atoms with Crippen LogP contribution in [0.2, 0.25) is 0 Å². The number of nitrogens with one attached hydrogen (secondary N) is 1. The van der Waals surface area contributed by atoms with Crippen LogP contribution >= 0.6 is 0 Å². The number of nitrogens with zero attached hydrogens (tertiary/aromatic N) is 1. The molecule has 0 aliphatic heterocycles. The zero-order valence-corrected chi connectivity index (χ0v) is 10.3. The Morgan fingerprint density at radius 1 is 1.44 bits per heavy atom. The van der Waals surface area contributed by atoms with E-state index < -0.39 is 27.8 Å². The van der Waals surface area contributed by atoms with Crippen molar-refractivity contribution >= 4 is 11.4 Å². The lowest BCUT2D eigenvalue weighted by Crippen LogP contribution is -2.32. The monoisotopic (exact) mass is 260 g/mol. The lowest BCUT2D eigenvalue weighted by atomic mass is 10.1. The first-order valence-corrected chi connectivity index (χ1v) is 5.19. The number of halogens is 2. The zero-order valence-electron chi connectivity index (χ0n) is 10.3. The Bertz CT molecular complexity index is 464. The second kappa shape index (κ2) is 5.26. The van der Waals surface area contributed by atoms with Crippen molar-refractivity contribution in [2.75, 3.05) is 19.0 Å². The maximum atomic E-state index is 13.3. The number of hydrogen-bond donors (Lipinski definition) is 1. The number of nitro benzene ring substituents is 1. The van der Waals surface area contributed by atoms with Gasteiger partial charge in [0.25, 0.3) is 0 Å². The van der Waals surface area contributed by atoms with Gasteiger partial charge in [-0.05, 0) is 13.8 Å². The second-order valence-corrected chi connectivity index (χ2v) is 4.36. The minimum absolute atomic E-state index is 0.174. The molecule has 0 saturated heterocycles. The zero-order chi connectivity index (χ0) is 13.9. The second-order valence-electron chi connectivity index (χ2n) is 4.36. The molecule has 18 heavy (non-hydrogen) atoms. The number of hydrogen-bond acceptors (Lipinski definition) is 4. The number of ether oxygens (including phenoxy) is 1.